The second kappa shape index (κ2) is 9.60. The van der Waals surface area contributed by atoms with Crippen molar-refractivity contribution in [2.24, 2.45) is 10.9 Å². The van der Waals surface area contributed by atoms with Crippen LogP contribution in [-0.2, 0) is 6.54 Å². The van der Waals surface area contributed by atoms with E-state index in [9.17, 15) is 13.2 Å². The van der Waals surface area contributed by atoms with Gasteiger partial charge in [-0.25, -0.2) is 0 Å². The van der Waals surface area contributed by atoms with Crippen LogP contribution in [-0.4, -0.2) is 61.7 Å². The Morgan fingerprint density at radius 2 is 2.12 bits per heavy atom. The minimum Gasteiger partial charge on any atom is -0.357 e. The maximum absolute atomic E-state index is 12.5. The third-order valence-electron chi connectivity index (χ3n) is 4.33. The Bertz CT molecular complexity index is 606. The minimum absolute atomic E-state index is 0.169. The van der Waals surface area contributed by atoms with Crippen LogP contribution in [0.1, 0.15) is 18.9 Å². The molecule has 1 aromatic rings. The van der Waals surface area contributed by atoms with E-state index in [-0.39, 0.29) is 5.92 Å². The van der Waals surface area contributed by atoms with Gasteiger partial charge in [-0.05, 0) is 37.4 Å². The Kier molecular flexibility index (Phi) is 7.76. The van der Waals surface area contributed by atoms with Gasteiger partial charge in [0.2, 0.25) is 0 Å². The van der Waals surface area contributed by atoms with Gasteiger partial charge >= 0.3 is 6.18 Å². The van der Waals surface area contributed by atoms with Crippen molar-refractivity contribution >= 4 is 21.9 Å². The number of alkyl halides is 3. The first-order valence-electron chi connectivity index (χ1n) is 8.80. The molecule has 0 radical (unpaired) electrons. The van der Waals surface area contributed by atoms with Gasteiger partial charge in [-0.1, -0.05) is 34.1 Å². The van der Waals surface area contributed by atoms with Crippen LogP contribution in [0.5, 0.6) is 0 Å². The fourth-order valence-electron chi connectivity index (χ4n) is 3.10. The van der Waals surface area contributed by atoms with E-state index in [0.717, 1.165) is 29.0 Å². The molecule has 1 aliphatic heterocycles. The van der Waals surface area contributed by atoms with E-state index in [1.807, 2.05) is 37.1 Å². The Balaban J connectivity index is 1.93. The van der Waals surface area contributed by atoms with Crippen molar-refractivity contribution in [3.05, 3.63) is 34.3 Å². The summed E-state index contributed by atoms with van der Waals surface area (Å²) in [5.41, 5.74) is 1.15. The fourth-order valence-corrected chi connectivity index (χ4v) is 3.51. The van der Waals surface area contributed by atoms with Gasteiger partial charge in [-0.15, -0.1) is 0 Å². The van der Waals surface area contributed by atoms with E-state index in [2.05, 4.69) is 32.3 Å². The highest BCUT2D eigenvalue weighted by Crippen LogP contribution is 2.23. The zero-order valence-electron chi connectivity index (χ0n) is 15.2. The molecule has 1 heterocycles. The molecule has 1 aromatic carbocycles. The topological polar surface area (TPSA) is 30.9 Å². The molecule has 1 N–H and O–H groups in total. The molecule has 146 valence electrons. The average Bonchev–Trinajstić information content (AvgIpc) is 2.99. The number of rotatable bonds is 6. The number of nitrogens with zero attached hydrogens (tertiary/aromatic N) is 3. The normalized spacial score (nSPS) is 19.0. The van der Waals surface area contributed by atoms with Crippen molar-refractivity contribution in [1.29, 1.82) is 0 Å². The largest absolute Gasteiger partial charge is 0.401 e. The Morgan fingerprint density at radius 1 is 1.38 bits per heavy atom. The van der Waals surface area contributed by atoms with E-state index in [1.165, 1.54) is 4.90 Å². The van der Waals surface area contributed by atoms with Crippen LogP contribution in [0.2, 0.25) is 0 Å². The first-order valence-corrected chi connectivity index (χ1v) is 9.59. The molecule has 1 atom stereocenters. The molecule has 8 heteroatoms. The zero-order valence-corrected chi connectivity index (χ0v) is 16.8. The molecule has 1 unspecified atom stereocenters. The van der Waals surface area contributed by atoms with E-state index < -0.39 is 12.7 Å². The summed E-state index contributed by atoms with van der Waals surface area (Å²) >= 11 is 3.55. The SMILES string of the molecule is CCNC(=NCC1CCN(CC(F)(F)F)C1)N(C)Cc1ccccc1Br. The molecule has 26 heavy (non-hydrogen) atoms. The summed E-state index contributed by atoms with van der Waals surface area (Å²) in [6, 6.07) is 8.02. The third-order valence-corrected chi connectivity index (χ3v) is 5.11. The zero-order chi connectivity index (χ0) is 19.2. The van der Waals surface area contributed by atoms with Crippen LogP contribution in [0.3, 0.4) is 0 Å². The molecule has 4 nitrogen and oxygen atoms in total. The van der Waals surface area contributed by atoms with Crippen molar-refractivity contribution in [3.8, 4) is 0 Å². The molecule has 0 spiro atoms. The number of likely N-dealkylation sites (tertiary alicyclic amines) is 1. The van der Waals surface area contributed by atoms with Gasteiger partial charge in [0.25, 0.3) is 0 Å². The Hall–Kier alpha value is -1.28. The van der Waals surface area contributed by atoms with Gasteiger partial charge in [0.05, 0.1) is 6.54 Å². The van der Waals surface area contributed by atoms with Crippen molar-refractivity contribution < 1.29 is 13.2 Å². The van der Waals surface area contributed by atoms with Crippen molar-refractivity contribution in [2.45, 2.75) is 26.1 Å². The number of guanidine groups is 1. The first kappa shape index (κ1) is 21.0. The van der Waals surface area contributed by atoms with E-state index in [1.54, 1.807) is 0 Å². The Morgan fingerprint density at radius 3 is 2.77 bits per heavy atom. The number of halogens is 4. The van der Waals surface area contributed by atoms with Crippen molar-refractivity contribution in [2.75, 3.05) is 39.8 Å². The fraction of sp³-hybridized carbons (Fsp3) is 0.611. The monoisotopic (exact) mass is 434 g/mol. The molecular weight excluding hydrogens is 409 g/mol. The molecule has 0 amide bonds. The van der Waals surface area contributed by atoms with Crippen LogP contribution in [0.15, 0.2) is 33.7 Å². The number of aliphatic imine (C=N–C) groups is 1. The Labute approximate surface area is 161 Å². The smallest absolute Gasteiger partial charge is 0.357 e. The molecule has 0 aliphatic carbocycles. The van der Waals surface area contributed by atoms with E-state index in [0.29, 0.717) is 26.2 Å². The van der Waals surface area contributed by atoms with E-state index in [4.69, 9.17) is 0 Å². The van der Waals surface area contributed by atoms with Gasteiger partial charge in [-0.2, -0.15) is 13.2 Å². The molecular formula is C18H26BrF3N4. The van der Waals surface area contributed by atoms with Crippen LogP contribution in [0.4, 0.5) is 13.2 Å². The predicted octanol–water partition coefficient (Wildman–Crippen LogP) is 3.73. The van der Waals surface area contributed by atoms with E-state index >= 15 is 0 Å². The summed E-state index contributed by atoms with van der Waals surface area (Å²) in [6.45, 7) is 4.09. The lowest BCUT2D eigenvalue weighted by atomic mass is 10.1. The lowest BCUT2D eigenvalue weighted by Crippen LogP contribution is -2.39. The van der Waals surface area contributed by atoms with Crippen molar-refractivity contribution in [1.82, 2.24) is 15.1 Å². The predicted molar refractivity (Wildman–Crippen MR) is 102 cm³/mol. The summed E-state index contributed by atoms with van der Waals surface area (Å²) in [4.78, 5) is 8.16. The van der Waals surface area contributed by atoms with Crippen LogP contribution < -0.4 is 5.32 Å². The van der Waals surface area contributed by atoms with Crippen LogP contribution in [0, 0.1) is 5.92 Å². The highest BCUT2D eigenvalue weighted by atomic mass is 79.9. The maximum Gasteiger partial charge on any atom is 0.401 e. The molecule has 1 saturated heterocycles. The quantitative estimate of drug-likeness (QED) is 0.546. The van der Waals surface area contributed by atoms with Gasteiger partial charge in [-0.3, -0.25) is 9.89 Å². The molecule has 1 fully saturated rings. The highest BCUT2D eigenvalue weighted by molar-refractivity contribution is 9.10. The number of hydrogen-bond acceptors (Lipinski definition) is 2. The molecule has 0 aromatic heterocycles. The van der Waals surface area contributed by atoms with Gasteiger partial charge in [0.1, 0.15) is 0 Å². The number of benzene rings is 1. The van der Waals surface area contributed by atoms with Crippen LogP contribution in [0.25, 0.3) is 0 Å². The number of hydrogen-bond donors (Lipinski definition) is 1. The molecule has 0 saturated carbocycles. The first-order chi connectivity index (χ1) is 12.3. The summed E-state index contributed by atoms with van der Waals surface area (Å²) in [7, 11) is 1.96. The summed E-state index contributed by atoms with van der Waals surface area (Å²) in [5, 5.41) is 3.26. The van der Waals surface area contributed by atoms with Crippen molar-refractivity contribution in [3.63, 3.8) is 0 Å². The maximum atomic E-state index is 12.5. The van der Waals surface area contributed by atoms with Crippen LogP contribution >= 0.6 is 15.9 Å². The van der Waals surface area contributed by atoms with Gasteiger partial charge < -0.3 is 10.2 Å². The average molecular weight is 435 g/mol. The van der Waals surface area contributed by atoms with Gasteiger partial charge in [0.15, 0.2) is 5.96 Å². The summed E-state index contributed by atoms with van der Waals surface area (Å²) in [6.07, 6.45) is -3.37. The van der Waals surface area contributed by atoms with Gasteiger partial charge in [0, 0.05) is 37.7 Å². The minimum atomic E-state index is -4.13. The second-order valence-corrected chi connectivity index (χ2v) is 7.50. The molecule has 0 bridgehead atoms. The molecule has 1 aliphatic rings. The standard InChI is InChI=1S/C18H26BrF3N4/c1-3-23-17(25(2)12-15-6-4-5-7-16(15)19)24-10-14-8-9-26(11-14)13-18(20,21)22/h4-7,14H,3,8-13H2,1-2H3,(H,23,24). The lowest BCUT2D eigenvalue weighted by Gasteiger charge is -2.23. The summed E-state index contributed by atoms with van der Waals surface area (Å²) < 4.78 is 38.6. The third kappa shape index (κ3) is 6.79. The lowest BCUT2D eigenvalue weighted by molar-refractivity contribution is -0.143. The highest BCUT2D eigenvalue weighted by Gasteiger charge is 2.34. The number of nitrogens with one attached hydrogen (secondary N) is 1. The summed E-state index contributed by atoms with van der Waals surface area (Å²) in [5.74, 6) is 0.945. The second-order valence-electron chi connectivity index (χ2n) is 6.65. The molecule has 2 rings (SSSR count).